The predicted molar refractivity (Wildman–Crippen MR) is 172 cm³/mol. The van der Waals surface area contributed by atoms with Crippen LogP contribution in [0, 0.1) is 5.82 Å². The third-order valence-electron chi connectivity index (χ3n) is 8.73. The van der Waals surface area contributed by atoms with E-state index in [1.807, 2.05) is 36.4 Å². The van der Waals surface area contributed by atoms with E-state index in [2.05, 4.69) is 39.7 Å². The van der Waals surface area contributed by atoms with Crippen LogP contribution in [0.1, 0.15) is 30.0 Å². The number of pyridine rings is 1. The van der Waals surface area contributed by atoms with Gasteiger partial charge in [0.15, 0.2) is 23.1 Å². The van der Waals surface area contributed by atoms with Gasteiger partial charge in [0.05, 0.1) is 0 Å². The van der Waals surface area contributed by atoms with Crippen molar-refractivity contribution in [3.8, 4) is 11.5 Å². The zero-order valence-corrected chi connectivity index (χ0v) is 24.9. The Hall–Kier alpha value is -5.09. The van der Waals surface area contributed by atoms with Crippen LogP contribution in [0.25, 0.3) is 11.0 Å². The summed E-state index contributed by atoms with van der Waals surface area (Å²) < 4.78 is 21.7. The van der Waals surface area contributed by atoms with Gasteiger partial charge in [-0.25, -0.2) is 9.37 Å². The van der Waals surface area contributed by atoms with Gasteiger partial charge in [-0.05, 0) is 73.0 Å². The normalized spacial score (nSPS) is 18.0. The summed E-state index contributed by atoms with van der Waals surface area (Å²) in [4.78, 5) is 39.1. The van der Waals surface area contributed by atoms with Crippen molar-refractivity contribution in [3.05, 3.63) is 112 Å². The van der Waals surface area contributed by atoms with Gasteiger partial charge in [-0.2, -0.15) is 4.98 Å². The molecule has 1 fully saturated rings. The zero-order valence-electron chi connectivity index (χ0n) is 24.9. The van der Waals surface area contributed by atoms with E-state index in [0.29, 0.717) is 17.8 Å². The van der Waals surface area contributed by atoms with Gasteiger partial charge < -0.3 is 20.3 Å². The van der Waals surface area contributed by atoms with Gasteiger partial charge in [-0.1, -0.05) is 36.4 Å². The smallest absolute Gasteiger partial charge is 0.295 e. The van der Waals surface area contributed by atoms with E-state index >= 15 is 0 Å². The topological polar surface area (TPSA) is 101 Å². The van der Waals surface area contributed by atoms with Gasteiger partial charge in [0.1, 0.15) is 11.7 Å². The molecule has 5 aromatic rings. The number of ether oxygens (including phenoxy) is 1. The second kappa shape index (κ2) is 12.1. The Labute approximate surface area is 259 Å². The summed E-state index contributed by atoms with van der Waals surface area (Å²) in [5.41, 5.74) is 3.55. The molecule has 0 bridgehead atoms. The molecule has 2 aliphatic rings. The highest BCUT2D eigenvalue weighted by Gasteiger charge is 2.31. The lowest BCUT2D eigenvalue weighted by Crippen LogP contribution is -2.44. The summed E-state index contributed by atoms with van der Waals surface area (Å²) in [6.45, 7) is 2.03. The van der Waals surface area contributed by atoms with Gasteiger partial charge in [-0.3, -0.25) is 14.2 Å². The molecule has 9 nitrogen and oxygen atoms in total. The van der Waals surface area contributed by atoms with Crippen LogP contribution in [0.3, 0.4) is 0 Å². The molecular formula is C35H33FN6O3. The molecule has 0 saturated carbocycles. The molecule has 2 N–H and O–H groups in total. The SMILES string of the molecule is CN(c1ccc(Nc2ncc3cc(Oc4ccccc4F)c(=O)n(C4Cc5ccccc5CC4=O)c3n2)cc1)C1CCCNC1. The molecule has 1 aliphatic heterocycles. The van der Waals surface area contributed by atoms with Crippen LogP contribution in [-0.2, 0) is 17.6 Å². The molecule has 0 spiro atoms. The predicted octanol–water partition coefficient (Wildman–Crippen LogP) is 5.56. The molecule has 3 aromatic carbocycles. The first-order valence-corrected chi connectivity index (χ1v) is 15.2. The minimum Gasteiger partial charge on any atom is -0.448 e. The summed E-state index contributed by atoms with van der Waals surface area (Å²) >= 11 is 0. The van der Waals surface area contributed by atoms with Crippen LogP contribution >= 0.6 is 0 Å². The molecule has 2 atom stereocenters. The molecule has 7 rings (SSSR count). The fourth-order valence-corrected chi connectivity index (χ4v) is 6.24. The van der Waals surface area contributed by atoms with Gasteiger partial charge in [0.2, 0.25) is 5.95 Å². The first-order valence-electron chi connectivity index (χ1n) is 15.2. The van der Waals surface area contributed by atoms with Crippen molar-refractivity contribution >= 4 is 34.1 Å². The lowest BCUT2D eigenvalue weighted by Gasteiger charge is -2.33. The number of nitrogens with one attached hydrogen (secondary N) is 2. The number of nitrogens with zero attached hydrogens (tertiary/aromatic N) is 4. The highest BCUT2D eigenvalue weighted by molar-refractivity contribution is 5.89. The number of Topliss-reactive ketones (excluding diaryl/α,β-unsaturated/α-hetero) is 1. The Bertz CT molecular complexity index is 1940. The summed E-state index contributed by atoms with van der Waals surface area (Å²) in [7, 11) is 2.11. The van der Waals surface area contributed by atoms with E-state index in [0.717, 1.165) is 48.4 Å². The quantitative estimate of drug-likeness (QED) is 0.249. The van der Waals surface area contributed by atoms with E-state index in [9.17, 15) is 14.0 Å². The Morgan fingerprint density at radius 1 is 1.00 bits per heavy atom. The first kappa shape index (κ1) is 28.7. The lowest BCUT2D eigenvalue weighted by atomic mass is 9.87. The number of rotatable bonds is 7. The van der Waals surface area contributed by atoms with Crippen LogP contribution in [-0.4, -0.2) is 46.5 Å². The Kier molecular flexibility index (Phi) is 7.72. The van der Waals surface area contributed by atoms with E-state index in [1.54, 1.807) is 18.3 Å². The standard InChI is InChI=1S/C35H33FN6O3/c1-41(27-9-6-16-37-21-27)26-14-12-25(13-15-26)39-35-38-20-24-19-32(45-31-11-5-4-10-28(31)36)34(44)42(33(24)40-35)29-17-22-7-2-3-8-23(22)18-30(29)43/h2-5,7-8,10-15,19-20,27,29,37H,6,9,16-18,21H2,1H3,(H,38,39,40). The number of piperidine rings is 1. The largest absolute Gasteiger partial charge is 0.448 e. The monoisotopic (exact) mass is 604 g/mol. The summed E-state index contributed by atoms with van der Waals surface area (Å²) in [5, 5.41) is 7.19. The maximum atomic E-state index is 14.5. The fourth-order valence-electron chi connectivity index (χ4n) is 6.24. The number of aromatic nitrogens is 3. The molecule has 1 aliphatic carbocycles. The van der Waals surface area contributed by atoms with E-state index in [-0.39, 0.29) is 35.3 Å². The van der Waals surface area contributed by atoms with Crippen molar-refractivity contribution in [2.45, 2.75) is 37.8 Å². The second-order valence-electron chi connectivity index (χ2n) is 11.6. The fraction of sp³-hybridized carbons (Fsp3) is 0.257. The van der Waals surface area contributed by atoms with Gasteiger partial charge in [-0.15, -0.1) is 0 Å². The molecule has 3 heterocycles. The minimum absolute atomic E-state index is 0.0890. The second-order valence-corrected chi connectivity index (χ2v) is 11.6. The van der Waals surface area contributed by atoms with Crippen molar-refractivity contribution in [1.29, 1.82) is 0 Å². The van der Waals surface area contributed by atoms with Gasteiger partial charge >= 0.3 is 0 Å². The maximum Gasteiger partial charge on any atom is 0.295 e. The average molecular weight is 605 g/mol. The molecule has 0 amide bonds. The minimum atomic E-state index is -0.814. The Morgan fingerprint density at radius 2 is 1.78 bits per heavy atom. The number of likely N-dealkylation sites (N-methyl/N-ethyl adjacent to an activating group) is 1. The maximum absolute atomic E-state index is 14.5. The van der Waals surface area contributed by atoms with Crippen molar-refractivity contribution in [2.24, 2.45) is 0 Å². The molecule has 2 aromatic heterocycles. The number of halogens is 1. The number of fused-ring (bicyclic) bond motifs is 2. The molecular weight excluding hydrogens is 571 g/mol. The van der Waals surface area contributed by atoms with E-state index in [1.165, 1.54) is 22.8 Å². The molecule has 2 unspecified atom stereocenters. The average Bonchev–Trinajstić information content (AvgIpc) is 3.07. The summed E-state index contributed by atoms with van der Waals surface area (Å²) in [6.07, 6.45) is 4.41. The number of hydrogen-bond acceptors (Lipinski definition) is 8. The van der Waals surface area contributed by atoms with Gasteiger partial charge in [0.25, 0.3) is 5.56 Å². The third kappa shape index (κ3) is 5.76. The number of carbonyl (C=O) groups is 1. The molecule has 1 saturated heterocycles. The highest BCUT2D eigenvalue weighted by Crippen LogP contribution is 2.31. The van der Waals surface area contributed by atoms with Crippen molar-refractivity contribution in [2.75, 3.05) is 30.4 Å². The van der Waals surface area contributed by atoms with Gasteiger partial charge in [0, 0.05) is 55.4 Å². The van der Waals surface area contributed by atoms with Crippen LogP contribution in [0.15, 0.2) is 89.9 Å². The molecule has 45 heavy (non-hydrogen) atoms. The number of hydrogen-bond donors (Lipinski definition) is 2. The number of anilines is 3. The van der Waals surface area contributed by atoms with Crippen molar-refractivity contribution < 1.29 is 13.9 Å². The van der Waals surface area contributed by atoms with Crippen molar-refractivity contribution in [3.63, 3.8) is 0 Å². The lowest BCUT2D eigenvalue weighted by molar-refractivity contribution is -0.122. The Morgan fingerprint density at radius 3 is 2.56 bits per heavy atom. The number of para-hydroxylation sites is 1. The molecule has 0 radical (unpaired) electrons. The van der Waals surface area contributed by atoms with E-state index < -0.39 is 17.4 Å². The number of benzene rings is 3. The third-order valence-corrected chi connectivity index (χ3v) is 8.73. The van der Waals surface area contributed by atoms with Crippen LogP contribution in [0.4, 0.5) is 21.7 Å². The summed E-state index contributed by atoms with van der Waals surface area (Å²) in [5.74, 6) is -0.638. The van der Waals surface area contributed by atoms with Crippen LogP contribution in [0.5, 0.6) is 11.5 Å². The van der Waals surface area contributed by atoms with Crippen LogP contribution in [0.2, 0.25) is 0 Å². The van der Waals surface area contributed by atoms with Crippen molar-refractivity contribution in [1.82, 2.24) is 19.9 Å². The first-order chi connectivity index (χ1) is 21.9. The zero-order chi connectivity index (χ0) is 30.9. The Balaban J connectivity index is 1.25. The van der Waals surface area contributed by atoms with E-state index in [4.69, 9.17) is 9.72 Å². The number of carbonyl (C=O) groups excluding carboxylic acids is 1. The highest BCUT2D eigenvalue weighted by atomic mass is 19.1. The summed E-state index contributed by atoms with van der Waals surface area (Å²) in [6, 6.07) is 22.8. The number of ketones is 1. The van der Waals surface area contributed by atoms with Crippen LogP contribution < -0.4 is 25.8 Å². The molecule has 10 heteroatoms. The molecule has 228 valence electrons.